The summed E-state index contributed by atoms with van der Waals surface area (Å²) < 4.78 is 16.7. The van der Waals surface area contributed by atoms with Crippen molar-refractivity contribution < 1.29 is 23.8 Å². The van der Waals surface area contributed by atoms with Crippen molar-refractivity contribution in [1.29, 1.82) is 0 Å². The van der Waals surface area contributed by atoms with Crippen LogP contribution in [0.25, 0.3) is 6.08 Å². The fourth-order valence-corrected chi connectivity index (χ4v) is 2.92. The van der Waals surface area contributed by atoms with E-state index in [1.54, 1.807) is 81.0 Å². The highest BCUT2D eigenvalue weighted by Crippen LogP contribution is 2.26. The van der Waals surface area contributed by atoms with Gasteiger partial charge in [0.25, 0.3) is 0 Å². The van der Waals surface area contributed by atoms with Gasteiger partial charge >= 0.3 is 5.97 Å². The van der Waals surface area contributed by atoms with Crippen LogP contribution in [0.1, 0.15) is 26.3 Å². The first-order chi connectivity index (χ1) is 14.5. The van der Waals surface area contributed by atoms with E-state index in [4.69, 9.17) is 14.2 Å². The molecule has 0 unspecified atom stereocenters. The molecule has 0 fully saturated rings. The number of methoxy groups -OCH3 is 2. The summed E-state index contributed by atoms with van der Waals surface area (Å²) in [5.74, 6) is 0.990. The molecule has 0 bridgehead atoms. The van der Waals surface area contributed by atoms with Crippen molar-refractivity contribution in [1.82, 2.24) is 0 Å². The number of ether oxygens (including phenoxy) is 3. The average molecular weight is 467 g/mol. The van der Waals surface area contributed by atoms with Gasteiger partial charge in [-0.2, -0.15) is 0 Å². The maximum absolute atomic E-state index is 12.5. The SMILES string of the molecule is COc1ccc(C=CC(=O)c2ccc(OC(=O)c3ccc(Br)cc3)cc2)c(OC)c1. The third-order valence-electron chi connectivity index (χ3n) is 4.28. The van der Waals surface area contributed by atoms with E-state index in [1.807, 2.05) is 6.07 Å². The highest BCUT2D eigenvalue weighted by Gasteiger charge is 2.10. The molecular weight excluding hydrogens is 448 g/mol. The molecule has 0 atom stereocenters. The third kappa shape index (κ3) is 5.36. The maximum Gasteiger partial charge on any atom is 0.343 e. The minimum absolute atomic E-state index is 0.182. The fourth-order valence-electron chi connectivity index (χ4n) is 2.66. The molecule has 5 nitrogen and oxygen atoms in total. The predicted molar refractivity (Wildman–Crippen MR) is 118 cm³/mol. The van der Waals surface area contributed by atoms with Crippen LogP contribution in [0.4, 0.5) is 0 Å². The second kappa shape index (κ2) is 9.89. The number of rotatable bonds is 7. The largest absolute Gasteiger partial charge is 0.497 e. The molecule has 3 aromatic rings. The molecule has 0 aliphatic rings. The van der Waals surface area contributed by atoms with Crippen molar-refractivity contribution in [2.24, 2.45) is 0 Å². The number of allylic oxidation sites excluding steroid dienone is 1. The Morgan fingerprint density at radius 1 is 0.800 bits per heavy atom. The minimum atomic E-state index is -0.465. The molecule has 0 N–H and O–H groups in total. The highest BCUT2D eigenvalue weighted by atomic mass is 79.9. The summed E-state index contributed by atoms with van der Waals surface area (Å²) in [6.45, 7) is 0. The van der Waals surface area contributed by atoms with E-state index < -0.39 is 5.97 Å². The number of carbonyl (C=O) groups is 2. The van der Waals surface area contributed by atoms with E-state index in [9.17, 15) is 9.59 Å². The lowest BCUT2D eigenvalue weighted by Gasteiger charge is -2.07. The van der Waals surface area contributed by atoms with Gasteiger partial charge in [-0.3, -0.25) is 4.79 Å². The molecule has 0 aliphatic heterocycles. The van der Waals surface area contributed by atoms with Gasteiger partial charge in [0.05, 0.1) is 19.8 Å². The zero-order valence-electron chi connectivity index (χ0n) is 16.4. The fraction of sp³-hybridized carbons (Fsp3) is 0.0833. The second-order valence-corrected chi connectivity index (χ2v) is 7.14. The van der Waals surface area contributed by atoms with Crippen molar-refractivity contribution in [3.63, 3.8) is 0 Å². The second-order valence-electron chi connectivity index (χ2n) is 6.23. The van der Waals surface area contributed by atoms with E-state index in [-0.39, 0.29) is 5.78 Å². The molecule has 0 spiro atoms. The molecule has 30 heavy (non-hydrogen) atoms. The Kier molecular flexibility index (Phi) is 7.03. The van der Waals surface area contributed by atoms with Crippen LogP contribution in [0.2, 0.25) is 0 Å². The van der Waals surface area contributed by atoms with Gasteiger partial charge in [-0.1, -0.05) is 15.9 Å². The smallest absolute Gasteiger partial charge is 0.343 e. The standard InChI is InChI=1S/C24H19BrO5/c1-28-21-13-7-17(23(15-21)29-2)8-14-22(26)16-5-11-20(12-6-16)30-24(27)18-3-9-19(25)10-4-18/h3-15H,1-2H3. The minimum Gasteiger partial charge on any atom is -0.497 e. The first kappa shape index (κ1) is 21.3. The van der Waals surface area contributed by atoms with Gasteiger partial charge in [0.2, 0.25) is 0 Å². The van der Waals surface area contributed by atoms with Crippen molar-refractivity contribution >= 4 is 33.8 Å². The molecule has 0 saturated carbocycles. The number of hydrogen-bond acceptors (Lipinski definition) is 5. The lowest BCUT2D eigenvalue weighted by molar-refractivity contribution is 0.0734. The Labute approximate surface area is 183 Å². The summed E-state index contributed by atoms with van der Waals surface area (Å²) >= 11 is 3.32. The Morgan fingerprint density at radius 3 is 2.07 bits per heavy atom. The van der Waals surface area contributed by atoms with Gasteiger partial charge in [-0.15, -0.1) is 0 Å². The van der Waals surface area contributed by atoms with E-state index in [2.05, 4.69) is 15.9 Å². The van der Waals surface area contributed by atoms with Crippen LogP contribution >= 0.6 is 15.9 Å². The van der Waals surface area contributed by atoms with Gasteiger partial charge in [0.15, 0.2) is 5.78 Å². The Hall–Kier alpha value is -3.38. The van der Waals surface area contributed by atoms with Gasteiger partial charge in [-0.25, -0.2) is 4.79 Å². The van der Waals surface area contributed by atoms with Crippen LogP contribution in [0.3, 0.4) is 0 Å². The maximum atomic E-state index is 12.5. The van der Waals surface area contributed by atoms with Crippen LogP contribution in [0.5, 0.6) is 17.2 Å². The van der Waals surface area contributed by atoms with Crippen molar-refractivity contribution in [2.45, 2.75) is 0 Å². The molecule has 0 radical (unpaired) electrons. The molecule has 0 heterocycles. The third-order valence-corrected chi connectivity index (χ3v) is 4.81. The van der Waals surface area contributed by atoms with E-state index in [1.165, 1.54) is 6.08 Å². The van der Waals surface area contributed by atoms with Gasteiger partial charge in [0, 0.05) is 21.7 Å². The molecule has 3 aromatic carbocycles. The molecule has 0 amide bonds. The van der Waals surface area contributed by atoms with E-state index >= 15 is 0 Å². The van der Waals surface area contributed by atoms with E-state index in [0.717, 1.165) is 10.0 Å². The van der Waals surface area contributed by atoms with Crippen molar-refractivity contribution in [3.8, 4) is 17.2 Å². The van der Waals surface area contributed by atoms with Crippen LogP contribution in [0, 0.1) is 0 Å². The molecule has 0 aromatic heterocycles. The first-order valence-electron chi connectivity index (χ1n) is 9.02. The van der Waals surface area contributed by atoms with Gasteiger partial charge < -0.3 is 14.2 Å². The van der Waals surface area contributed by atoms with Crippen LogP contribution < -0.4 is 14.2 Å². The average Bonchev–Trinajstić information content (AvgIpc) is 2.78. The van der Waals surface area contributed by atoms with Crippen molar-refractivity contribution in [3.05, 3.63) is 94.0 Å². The Balaban J connectivity index is 1.67. The Morgan fingerprint density at radius 2 is 1.43 bits per heavy atom. The zero-order valence-corrected chi connectivity index (χ0v) is 18.0. The van der Waals surface area contributed by atoms with Crippen molar-refractivity contribution in [2.75, 3.05) is 14.2 Å². The molecule has 152 valence electrons. The van der Waals surface area contributed by atoms with Gasteiger partial charge in [-0.05, 0) is 72.8 Å². The Bertz CT molecular complexity index is 1070. The summed E-state index contributed by atoms with van der Waals surface area (Å²) in [5.41, 5.74) is 1.67. The molecule has 0 aliphatic carbocycles. The predicted octanol–water partition coefficient (Wildman–Crippen LogP) is 5.58. The van der Waals surface area contributed by atoms with Crippen LogP contribution in [-0.4, -0.2) is 26.0 Å². The van der Waals surface area contributed by atoms with Gasteiger partial charge in [0.1, 0.15) is 17.2 Å². The number of esters is 1. The monoisotopic (exact) mass is 466 g/mol. The molecule has 0 saturated heterocycles. The lowest BCUT2D eigenvalue weighted by atomic mass is 10.1. The first-order valence-corrected chi connectivity index (χ1v) is 9.81. The number of hydrogen-bond donors (Lipinski definition) is 0. The van der Waals surface area contributed by atoms with Crippen LogP contribution in [-0.2, 0) is 0 Å². The van der Waals surface area contributed by atoms with E-state index in [0.29, 0.717) is 28.4 Å². The van der Waals surface area contributed by atoms with Crippen LogP contribution in [0.15, 0.2) is 77.3 Å². The number of ketones is 1. The number of carbonyl (C=O) groups excluding carboxylic acids is 2. The summed E-state index contributed by atoms with van der Waals surface area (Å²) in [4.78, 5) is 24.6. The summed E-state index contributed by atoms with van der Waals surface area (Å²) in [6.07, 6.45) is 3.15. The molecule has 6 heteroatoms. The summed E-state index contributed by atoms with van der Waals surface area (Å²) in [6, 6.07) is 18.6. The summed E-state index contributed by atoms with van der Waals surface area (Å²) in [5, 5.41) is 0. The summed E-state index contributed by atoms with van der Waals surface area (Å²) in [7, 11) is 3.13. The topological polar surface area (TPSA) is 61.8 Å². The number of benzene rings is 3. The molecular formula is C24H19BrO5. The number of halogens is 1. The lowest BCUT2D eigenvalue weighted by Crippen LogP contribution is -2.08. The normalized spacial score (nSPS) is 10.6. The highest BCUT2D eigenvalue weighted by molar-refractivity contribution is 9.10. The zero-order chi connectivity index (χ0) is 21.5. The quantitative estimate of drug-likeness (QED) is 0.197. The molecule has 3 rings (SSSR count).